The van der Waals surface area contributed by atoms with E-state index in [2.05, 4.69) is 27.7 Å². The molecule has 0 radical (unpaired) electrons. The molecule has 0 rings (SSSR count). The number of nitrogens with zero attached hydrogens (tertiary/aromatic N) is 1. The van der Waals surface area contributed by atoms with E-state index in [1.165, 1.54) is 30.7 Å². The van der Waals surface area contributed by atoms with Crippen molar-refractivity contribution in [3.8, 4) is 0 Å². The molecule has 0 saturated carbocycles. The number of hydrogen-bond acceptors (Lipinski definition) is 3. The van der Waals surface area contributed by atoms with E-state index in [-0.39, 0.29) is 19.3 Å². The van der Waals surface area contributed by atoms with Gasteiger partial charge in [0.05, 0.1) is 26.2 Å². The third-order valence-corrected chi connectivity index (χ3v) is 6.47. The van der Waals surface area contributed by atoms with Crippen molar-refractivity contribution in [3.05, 3.63) is 0 Å². The average Bonchev–Trinajstić information content (AvgIpc) is 2.64. The Kier molecular flexibility index (Phi) is 15.3. The fraction of sp³-hybridized carbons (Fsp3) is 1.00. The molecule has 11 heteroatoms. The van der Waals surface area contributed by atoms with Crippen LogP contribution in [0.4, 0.5) is 26.3 Å². The van der Waals surface area contributed by atoms with E-state index in [4.69, 9.17) is 0 Å². The molecule has 0 aliphatic carbocycles. The van der Waals surface area contributed by atoms with Gasteiger partial charge in [0.15, 0.2) is 16.3 Å². The minimum Gasteiger partial charge on any atom is -0.743 e. The molecule has 1 atom stereocenters. The maximum absolute atomic E-state index is 13.0. The van der Waals surface area contributed by atoms with E-state index in [1.54, 1.807) is 0 Å². The summed E-state index contributed by atoms with van der Waals surface area (Å²) in [6.07, 6.45) is -7.53. The molecule has 0 heterocycles. The van der Waals surface area contributed by atoms with Crippen molar-refractivity contribution in [2.75, 3.05) is 26.2 Å². The second kappa shape index (κ2) is 14.5. The first-order chi connectivity index (χ1) is 13.6. The molecule has 0 saturated heterocycles. The highest BCUT2D eigenvalue weighted by Gasteiger charge is 2.46. The van der Waals surface area contributed by atoms with Gasteiger partial charge in [-0.2, -0.15) is 22.0 Å². The number of quaternary nitrogens is 1. The molecule has 1 unspecified atom stereocenters. The summed E-state index contributed by atoms with van der Waals surface area (Å²) in [6.45, 7) is 14.2. The van der Waals surface area contributed by atoms with Gasteiger partial charge in [-0.05, 0) is 40.5 Å². The number of hydrogen-bond donors (Lipinski definition) is 0. The Labute approximate surface area is 177 Å². The van der Waals surface area contributed by atoms with Gasteiger partial charge in [0.1, 0.15) is 0 Å². The van der Waals surface area contributed by atoms with Gasteiger partial charge in [0.25, 0.3) is 0 Å². The quantitative estimate of drug-likeness (QED) is 0.134. The molecule has 0 N–H and O–H groups in total. The summed E-state index contributed by atoms with van der Waals surface area (Å²) in [4.78, 5) is 0. The minimum atomic E-state index is -6.04. The van der Waals surface area contributed by atoms with Crippen molar-refractivity contribution in [2.45, 2.75) is 96.7 Å². The highest BCUT2D eigenvalue weighted by atomic mass is 32.2. The first-order valence-corrected chi connectivity index (χ1v) is 11.9. The van der Waals surface area contributed by atoms with Crippen LogP contribution in [0.2, 0.25) is 0 Å². The Hall–Kier alpha value is -0.550. The number of halogens is 6. The van der Waals surface area contributed by atoms with Crippen molar-refractivity contribution < 1.29 is 43.8 Å². The van der Waals surface area contributed by atoms with Gasteiger partial charge in [-0.15, -0.1) is 0 Å². The lowest BCUT2D eigenvalue weighted by atomic mass is 10.1. The van der Waals surface area contributed by atoms with E-state index in [0.717, 1.165) is 0 Å². The van der Waals surface area contributed by atoms with Crippen LogP contribution >= 0.6 is 0 Å². The molecule has 184 valence electrons. The molecule has 0 spiro atoms. The van der Waals surface area contributed by atoms with Crippen LogP contribution in [0.15, 0.2) is 0 Å². The zero-order valence-electron chi connectivity index (χ0n) is 18.4. The normalized spacial score (nSPS) is 14.2. The van der Waals surface area contributed by atoms with Crippen molar-refractivity contribution >= 4 is 10.1 Å². The fourth-order valence-electron chi connectivity index (χ4n) is 3.02. The fourth-order valence-corrected chi connectivity index (χ4v) is 3.45. The van der Waals surface area contributed by atoms with Crippen LogP contribution in [-0.2, 0) is 10.1 Å². The summed E-state index contributed by atoms with van der Waals surface area (Å²) in [5.74, 6) is 0. The smallest absolute Gasteiger partial charge is 0.389 e. The number of alkyl halides is 6. The largest absolute Gasteiger partial charge is 0.743 e. The van der Waals surface area contributed by atoms with E-state index >= 15 is 0 Å². The molecular formula is C19H37F6NO3S. The van der Waals surface area contributed by atoms with Crippen LogP contribution in [0.5, 0.6) is 0 Å². The van der Waals surface area contributed by atoms with Crippen LogP contribution in [0.1, 0.15) is 79.1 Å². The molecule has 0 aromatic carbocycles. The van der Waals surface area contributed by atoms with Crippen LogP contribution in [0.3, 0.4) is 0 Å². The highest BCUT2D eigenvalue weighted by molar-refractivity contribution is 7.86. The van der Waals surface area contributed by atoms with Crippen molar-refractivity contribution in [1.29, 1.82) is 0 Å². The molecule has 0 aromatic heterocycles. The van der Waals surface area contributed by atoms with E-state index in [9.17, 15) is 39.3 Å². The van der Waals surface area contributed by atoms with Gasteiger partial charge >= 0.3 is 11.4 Å². The topological polar surface area (TPSA) is 57.2 Å². The van der Waals surface area contributed by atoms with Gasteiger partial charge in [0.2, 0.25) is 0 Å². The molecule has 0 aliphatic rings. The monoisotopic (exact) mass is 473 g/mol. The molecule has 0 fully saturated rings. The lowest BCUT2D eigenvalue weighted by Crippen LogP contribution is -2.47. The Bertz CT molecular complexity index is 519. The summed E-state index contributed by atoms with van der Waals surface area (Å²) in [7, 11) is -6.04. The highest BCUT2D eigenvalue weighted by Crippen LogP contribution is 2.30. The maximum atomic E-state index is 13.0. The summed E-state index contributed by atoms with van der Waals surface area (Å²) >= 11 is 0. The molecular weight excluding hydrogens is 436 g/mol. The van der Waals surface area contributed by atoms with Crippen LogP contribution < -0.4 is 0 Å². The maximum Gasteiger partial charge on any atom is 0.389 e. The first kappa shape index (κ1) is 31.6. The zero-order chi connectivity index (χ0) is 24.1. The molecule has 0 aliphatic heterocycles. The molecule has 0 bridgehead atoms. The van der Waals surface area contributed by atoms with Crippen molar-refractivity contribution in [3.63, 3.8) is 0 Å². The Morgan fingerprint density at radius 1 is 0.767 bits per heavy atom. The Morgan fingerprint density at radius 2 is 1.13 bits per heavy atom. The number of unbranched alkanes of at least 4 members (excludes halogenated alkanes) is 5. The lowest BCUT2D eigenvalue weighted by Gasteiger charge is -2.34. The zero-order valence-corrected chi connectivity index (χ0v) is 19.2. The minimum absolute atomic E-state index is 0.0261. The van der Waals surface area contributed by atoms with Gasteiger partial charge in [-0.25, -0.2) is 12.8 Å². The third kappa shape index (κ3) is 13.0. The van der Waals surface area contributed by atoms with Gasteiger partial charge < -0.3 is 9.04 Å². The van der Waals surface area contributed by atoms with Gasteiger partial charge in [-0.1, -0.05) is 32.1 Å². The average molecular weight is 474 g/mol. The van der Waals surface area contributed by atoms with Gasteiger partial charge in [-0.3, -0.25) is 0 Å². The van der Waals surface area contributed by atoms with E-state index in [1.807, 2.05) is 0 Å². The number of rotatable bonds is 14. The second-order valence-corrected chi connectivity index (χ2v) is 8.82. The van der Waals surface area contributed by atoms with Crippen LogP contribution in [0.25, 0.3) is 0 Å². The summed E-state index contributed by atoms with van der Waals surface area (Å²) < 4.78 is 106. The summed E-state index contributed by atoms with van der Waals surface area (Å²) in [5, 5.41) is -4.94. The van der Waals surface area contributed by atoms with Crippen molar-refractivity contribution in [1.82, 2.24) is 0 Å². The van der Waals surface area contributed by atoms with Crippen LogP contribution in [0, 0.1) is 0 Å². The predicted molar refractivity (Wildman–Crippen MR) is 105 cm³/mol. The molecule has 0 amide bonds. The third-order valence-electron chi connectivity index (χ3n) is 5.55. The standard InChI is InChI=1S/C11H18F6O3S.C8H20N/c12-9(11(16,17)21(18,19)20)7-5-3-1-2-4-6-8-10(13,14)15;1-5-9(6-2,7-3)8-4/h9H,1-8H2,(H,18,19,20);5-8H2,1-4H3/q;+1/p-1. The summed E-state index contributed by atoms with van der Waals surface area (Å²) in [5.41, 5.74) is 0. The second-order valence-electron chi connectivity index (χ2n) is 7.37. The SMILES string of the molecule is CC[N+](CC)(CC)CC.O=S(=O)([O-])C(F)(F)C(F)CCCCCCCCC(F)(F)F. The van der Waals surface area contributed by atoms with Gasteiger partial charge in [0, 0.05) is 6.42 Å². The molecule has 4 nitrogen and oxygen atoms in total. The molecule has 30 heavy (non-hydrogen) atoms. The first-order valence-electron chi connectivity index (χ1n) is 10.5. The predicted octanol–water partition coefficient (Wildman–Crippen LogP) is 6.03. The Balaban J connectivity index is 0. The van der Waals surface area contributed by atoms with Crippen LogP contribution in [-0.4, -0.2) is 61.2 Å². The lowest BCUT2D eigenvalue weighted by molar-refractivity contribution is -0.921. The van der Waals surface area contributed by atoms with E-state index in [0.29, 0.717) is 19.3 Å². The summed E-state index contributed by atoms with van der Waals surface area (Å²) in [6, 6.07) is 0. The molecule has 0 aromatic rings. The Morgan fingerprint density at radius 3 is 1.43 bits per heavy atom. The van der Waals surface area contributed by atoms with E-state index < -0.39 is 40.6 Å². The van der Waals surface area contributed by atoms with Crippen molar-refractivity contribution in [2.24, 2.45) is 0 Å².